The van der Waals surface area contributed by atoms with Crippen LogP contribution in [0.2, 0.25) is 0 Å². The van der Waals surface area contributed by atoms with E-state index in [-0.39, 0.29) is 12.4 Å². The van der Waals surface area contributed by atoms with Crippen molar-refractivity contribution in [1.82, 2.24) is 9.88 Å². The predicted molar refractivity (Wildman–Crippen MR) is 120 cm³/mol. The maximum Gasteiger partial charge on any atom is 0.152 e. The topological polar surface area (TPSA) is 40.6 Å². The number of aromatic nitrogens is 1. The van der Waals surface area contributed by atoms with E-state index in [0.717, 1.165) is 50.0 Å². The number of hydrogen-bond donors (Lipinski definition) is 1. The van der Waals surface area contributed by atoms with Crippen molar-refractivity contribution in [1.29, 1.82) is 0 Å². The molecule has 0 radical (unpaired) electrons. The summed E-state index contributed by atoms with van der Waals surface area (Å²) >= 11 is 0. The fourth-order valence-electron chi connectivity index (χ4n) is 3.90. The van der Waals surface area contributed by atoms with Crippen LogP contribution in [-0.4, -0.2) is 49.2 Å². The number of halogens is 1. The fourth-order valence-corrected chi connectivity index (χ4v) is 3.90. The lowest BCUT2D eigenvalue weighted by atomic mass is 10.0. The Morgan fingerprint density at radius 1 is 1.11 bits per heavy atom. The summed E-state index contributed by atoms with van der Waals surface area (Å²) in [6, 6.07) is 9.02. The Kier molecular flexibility index (Phi) is 7.96. The molecule has 1 aromatic carbocycles. The van der Waals surface area contributed by atoms with Crippen molar-refractivity contribution in [2.24, 2.45) is 0 Å². The quantitative estimate of drug-likeness (QED) is 0.778. The Morgan fingerprint density at radius 3 is 2.32 bits per heavy atom. The molecule has 0 aliphatic carbocycles. The molecule has 0 unspecified atom stereocenters. The summed E-state index contributed by atoms with van der Waals surface area (Å²) in [7, 11) is 1.74. The van der Waals surface area contributed by atoms with Gasteiger partial charge in [0.05, 0.1) is 12.8 Å². The molecule has 3 rings (SSSR count). The average Bonchev–Trinajstić information content (AvgIpc) is 2.62. The first-order chi connectivity index (χ1) is 13.0. The van der Waals surface area contributed by atoms with Crippen molar-refractivity contribution in [2.45, 2.75) is 40.3 Å². The van der Waals surface area contributed by atoms with Crippen LogP contribution >= 0.6 is 12.4 Å². The second-order valence-corrected chi connectivity index (χ2v) is 7.70. The first-order valence-electron chi connectivity index (χ1n) is 9.81. The van der Waals surface area contributed by atoms with Gasteiger partial charge < -0.3 is 15.0 Å². The third kappa shape index (κ3) is 5.30. The number of nitrogens with one attached hydrogen (secondary N) is 1. The standard InChI is InChI=1S/C22H32N4O.ClH/c1-16(2)24-20-7-6-8-23-22(20)26-11-9-25(10-12-26)15-19-13-17(3)21(27-5)18(4)14-19;/h6-8,13-14,16,24H,9-12,15H2,1-5H3;1H. The fraction of sp³-hybridized carbons (Fsp3) is 0.500. The highest BCUT2D eigenvalue weighted by Gasteiger charge is 2.21. The van der Waals surface area contributed by atoms with E-state index < -0.39 is 0 Å². The summed E-state index contributed by atoms with van der Waals surface area (Å²) in [6.07, 6.45) is 1.89. The summed E-state index contributed by atoms with van der Waals surface area (Å²) in [6.45, 7) is 13.6. The second-order valence-electron chi connectivity index (χ2n) is 7.70. The van der Waals surface area contributed by atoms with Gasteiger partial charge in [-0.1, -0.05) is 12.1 Å². The smallest absolute Gasteiger partial charge is 0.152 e. The van der Waals surface area contributed by atoms with E-state index in [1.807, 2.05) is 12.3 Å². The second kappa shape index (κ2) is 9.99. The Morgan fingerprint density at radius 2 is 1.75 bits per heavy atom. The summed E-state index contributed by atoms with van der Waals surface area (Å²) in [5.41, 5.74) is 4.91. The van der Waals surface area contributed by atoms with E-state index in [2.05, 4.69) is 66.0 Å². The monoisotopic (exact) mass is 404 g/mol. The number of rotatable bonds is 6. The Balaban J connectivity index is 0.00000280. The summed E-state index contributed by atoms with van der Waals surface area (Å²) < 4.78 is 5.49. The van der Waals surface area contributed by atoms with Gasteiger partial charge >= 0.3 is 0 Å². The SMILES string of the molecule is COc1c(C)cc(CN2CCN(c3ncccc3NC(C)C)CC2)cc1C.Cl. The molecule has 0 amide bonds. The number of benzene rings is 1. The van der Waals surface area contributed by atoms with E-state index >= 15 is 0 Å². The highest BCUT2D eigenvalue weighted by Crippen LogP contribution is 2.27. The molecule has 28 heavy (non-hydrogen) atoms. The molecule has 1 aromatic heterocycles. The number of anilines is 2. The van der Waals surface area contributed by atoms with Gasteiger partial charge in [-0.05, 0) is 56.5 Å². The molecule has 0 spiro atoms. The Bertz CT molecular complexity index is 750. The summed E-state index contributed by atoms with van der Waals surface area (Å²) in [4.78, 5) is 9.56. The normalized spacial score (nSPS) is 14.7. The minimum atomic E-state index is 0. The zero-order valence-electron chi connectivity index (χ0n) is 17.7. The molecule has 1 aliphatic heterocycles. The summed E-state index contributed by atoms with van der Waals surface area (Å²) in [5.74, 6) is 2.07. The minimum absolute atomic E-state index is 0. The summed E-state index contributed by atoms with van der Waals surface area (Å²) in [5, 5.41) is 3.52. The van der Waals surface area contributed by atoms with Gasteiger partial charge in [0.1, 0.15) is 5.75 Å². The first-order valence-corrected chi connectivity index (χ1v) is 9.81. The zero-order chi connectivity index (χ0) is 19.4. The number of aryl methyl sites for hydroxylation is 2. The lowest BCUT2D eigenvalue weighted by Gasteiger charge is -2.36. The highest BCUT2D eigenvalue weighted by atomic mass is 35.5. The molecule has 154 valence electrons. The van der Waals surface area contributed by atoms with Crippen molar-refractivity contribution in [3.8, 4) is 5.75 Å². The van der Waals surface area contributed by atoms with Gasteiger partial charge in [0.25, 0.3) is 0 Å². The van der Waals surface area contributed by atoms with Crippen LogP contribution in [0.15, 0.2) is 30.5 Å². The molecule has 5 nitrogen and oxygen atoms in total. The van der Waals surface area contributed by atoms with E-state index in [1.54, 1.807) is 7.11 Å². The zero-order valence-corrected chi connectivity index (χ0v) is 18.5. The van der Waals surface area contributed by atoms with Gasteiger partial charge in [-0.2, -0.15) is 0 Å². The molecular weight excluding hydrogens is 372 g/mol. The van der Waals surface area contributed by atoms with Gasteiger partial charge in [0.15, 0.2) is 5.82 Å². The van der Waals surface area contributed by atoms with Gasteiger partial charge in [0.2, 0.25) is 0 Å². The molecule has 2 aromatic rings. The van der Waals surface area contributed by atoms with Crippen LogP contribution in [0.25, 0.3) is 0 Å². The molecule has 0 atom stereocenters. The van der Waals surface area contributed by atoms with Gasteiger partial charge in [-0.3, -0.25) is 4.90 Å². The molecule has 1 N–H and O–H groups in total. The van der Waals surface area contributed by atoms with Crippen molar-refractivity contribution in [3.05, 3.63) is 47.2 Å². The highest BCUT2D eigenvalue weighted by molar-refractivity contribution is 5.85. The van der Waals surface area contributed by atoms with Crippen LogP contribution in [0.5, 0.6) is 5.75 Å². The van der Waals surface area contributed by atoms with Crippen LogP contribution < -0.4 is 15.0 Å². The van der Waals surface area contributed by atoms with Crippen LogP contribution in [0.1, 0.15) is 30.5 Å². The lowest BCUT2D eigenvalue weighted by Crippen LogP contribution is -2.46. The van der Waals surface area contributed by atoms with Crippen molar-refractivity contribution in [3.63, 3.8) is 0 Å². The molecule has 2 heterocycles. The largest absolute Gasteiger partial charge is 0.496 e. The number of piperazine rings is 1. The van der Waals surface area contributed by atoms with E-state index in [0.29, 0.717) is 6.04 Å². The molecule has 1 aliphatic rings. The first kappa shape index (κ1) is 22.3. The molecular formula is C22H33ClN4O. The van der Waals surface area contributed by atoms with E-state index in [1.165, 1.54) is 16.7 Å². The predicted octanol–water partition coefficient (Wildman–Crippen LogP) is 4.27. The number of nitrogens with zero attached hydrogens (tertiary/aromatic N) is 3. The van der Waals surface area contributed by atoms with Crippen LogP contribution in [0, 0.1) is 13.8 Å². The molecule has 6 heteroatoms. The van der Waals surface area contributed by atoms with Gasteiger partial charge in [-0.25, -0.2) is 4.98 Å². The minimum Gasteiger partial charge on any atom is -0.496 e. The third-order valence-corrected chi connectivity index (χ3v) is 5.03. The maximum absolute atomic E-state index is 5.49. The molecule has 1 saturated heterocycles. The number of hydrogen-bond acceptors (Lipinski definition) is 5. The molecule has 0 bridgehead atoms. The lowest BCUT2D eigenvalue weighted by molar-refractivity contribution is 0.249. The molecule has 1 fully saturated rings. The van der Waals surface area contributed by atoms with Crippen LogP contribution in [-0.2, 0) is 6.54 Å². The average molecular weight is 405 g/mol. The van der Waals surface area contributed by atoms with Gasteiger partial charge in [-0.15, -0.1) is 12.4 Å². The number of methoxy groups -OCH3 is 1. The van der Waals surface area contributed by atoms with Crippen molar-refractivity contribution >= 4 is 23.9 Å². The maximum atomic E-state index is 5.49. The Hall–Kier alpha value is -1.98. The van der Waals surface area contributed by atoms with E-state index in [4.69, 9.17) is 4.74 Å². The van der Waals surface area contributed by atoms with Crippen LogP contribution in [0.3, 0.4) is 0 Å². The Labute approximate surface area is 175 Å². The van der Waals surface area contributed by atoms with Crippen molar-refractivity contribution in [2.75, 3.05) is 43.5 Å². The van der Waals surface area contributed by atoms with E-state index in [9.17, 15) is 0 Å². The van der Waals surface area contributed by atoms with Gasteiger partial charge in [0, 0.05) is 45.0 Å². The third-order valence-electron chi connectivity index (χ3n) is 5.03. The molecule has 0 saturated carbocycles. The van der Waals surface area contributed by atoms with Crippen molar-refractivity contribution < 1.29 is 4.74 Å². The van der Waals surface area contributed by atoms with Crippen LogP contribution in [0.4, 0.5) is 11.5 Å². The number of ether oxygens (including phenoxy) is 1. The number of pyridine rings is 1.